The predicted octanol–water partition coefficient (Wildman–Crippen LogP) is 4.31. The summed E-state index contributed by atoms with van der Waals surface area (Å²) in [7, 11) is 0. The van der Waals surface area contributed by atoms with Crippen LogP contribution in [0.15, 0.2) is 18.2 Å². The Morgan fingerprint density at radius 2 is 1.95 bits per heavy atom. The Bertz CT molecular complexity index is 414. The summed E-state index contributed by atoms with van der Waals surface area (Å²) >= 11 is 0. The van der Waals surface area contributed by atoms with Gasteiger partial charge in [-0.15, -0.1) is 0 Å². The Kier molecular flexibility index (Phi) is 7.08. The molecule has 1 aliphatic heterocycles. The maximum Gasteiger partial charge on any atom is 0.0398 e. The van der Waals surface area contributed by atoms with Crippen molar-refractivity contribution in [3.05, 3.63) is 29.3 Å². The third-order valence-electron chi connectivity index (χ3n) is 4.41. The first-order valence-corrected chi connectivity index (χ1v) is 8.86. The molecule has 0 aromatic heterocycles. The molecule has 1 aromatic rings. The summed E-state index contributed by atoms with van der Waals surface area (Å²) in [6.07, 6.45) is 9.22. The van der Waals surface area contributed by atoms with Crippen LogP contribution in [0.25, 0.3) is 0 Å². The Morgan fingerprint density at radius 1 is 1.10 bits per heavy atom. The van der Waals surface area contributed by atoms with E-state index >= 15 is 0 Å². The zero-order valence-corrected chi connectivity index (χ0v) is 14.0. The van der Waals surface area contributed by atoms with E-state index < -0.39 is 0 Å². The highest BCUT2D eigenvalue weighted by molar-refractivity contribution is 5.56. The van der Waals surface area contributed by atoms with Gasteiger partial charge < -0.3 is 10.2 Å². The number of unbranched alkanes of at least 4 members (excludes halogenated alkanes) is 3. The van der Waals surface area contributed by atoms with Gasteiger partial charge in [0.05, 0.1) is 0 Å². The van der Waals surface area contributed by atoms with E-state index in [2.05, 4.69) is 42.3 Å². The van der Waals surface area contributed by atoms with E-state index in [-0.39, 0.29) is 0 Å². The predicted molar refractivity (Wildman–Crippen MR) is 93.3 cm³/mol. The molecule has 0 amide bonds. The molecule has 0 spiro atoms. The number of anilines is 1. The molecule has 0 atom stereocenters. The lowest BCUT2D eigenvalue weighted by molar-refractivity contribution is 0.574. The third kappa shape index (κ3) is 5.35. The molecule has 118 valence electrons. The molecular weight excluding hydrogens is 256 g/mol. The van der Waals surface area contributed by atoms with Gasteiger partial charge in [0, 0.05) is 18.8 Å². The zero-order valence-electron chi connectivity index (χ0n) is 14.0. The number of aryl methyl sites for hydroxylation is 2. The van der Waals surface area contributed by atoms with Crippen LogP contribution in [-0.2, 0) is 6.42 Å². The summed E-state index contributed by atoms with van der Waals surface area (Å²) in [4.78, 5) is 2.60. The molecule has 1 heterocycles. The first kappa shape index (κ1) is 16.4. The summed E-state index contributed by atoms with van der Waals surface area (Å²) in [5.41, 5.74) is 4.46. The van der Waals surface area contributed by atoms with Gasteiger partial charge in [0.2, 0.25) is 0 Å². The maximum absolute atomic E-state index is 3.48. The largest absolute Gasteiger partial charge is 0.371 e. The quantitative estimate of drug-likeness (QED) is 0.681. The lowest BCUT2D eigenvalue weighted by atomic mass is 9.99. The normalized spacial score (nSPS) is 14.3. The van der Waals surface area contributed by atoms with Crippen LogP contribution in [0.2, 0.25) is 0 Å². The highest BCUT2D eigenvalue weighted by Gasteiger charge is 2.15. The Balaban J connectivity index is 1.66. The standard InChI is InChI=1S/C19H32N2/c1-3-12-20-13-6-4-5-7-14-21-15-8-9-18-16-17(2)10-11-19(18)21/h10-11,16,20H,3-9,12-15H2,1-2H3. The fourth-order valence-corrected chi connectivity index (χ4v) is 3.24. The number of nitrogens with one attached hydrogen (secondary N) is 1. The van der Waals surface area contributed by atoms with Gasteiger partial charge in [-0.25, -0.2) is 0 Å². The Hall–Kier alpha value is -1.02. The first-order chi connectivity index (χ1) is 10.3. The molecule has 2 heteroatoms. The molecule has 1 aromatic carbocycles. The van der Waals surface area contributed by atoms with Gasteiger partial charge in [-0.3, -0.25) is 0 Å². The van der Waals surface area contributed by atoms with Crippen molar-refractivity contribution < 1.29 is 0 Å². The molecule has 0 aliphatic carbocycles. The lowest BCUT2D eigenvalue weighted by Gasteiger charge is -2.31. The van der Waals surface area contributed by atoms with Gasteiger partial charge in [0.25, 0.3) is 0 Å². The van der Waals surface area contributed by atoms with Gasteiger partial charge >= 0.3 is 0 Å². The smallest absolute Gasteiger partial charge is 0.0398 e. The maximum atomic E-state index is 3.48. The van der Waals surface area contributed by atoms with Crippen LogP contribution in [0.5, 0.6) is 0 Å². The monoisotopic (exact) mass is 288 g/mol. The molecular formula is C19H32N2. The second kappa shape index (κ2) is 9.09. The van der Waals surface area contributed by atoms with Crippen LogP contribution >= 0.6 is 0 Å². The van der Waals surface area contributed by atoms with E-state index in [4.69, 9.17) is 0 Å². The number of benzene rings is 1. The minimum absolute atomic E-state index is 1.17. The van der Waals surface area contributed by atoms with Gasteiger partial charge in [-0.05, 0) is 63.7 Å². The molecule has 0 bridgehead atoms. The fourth-order valence-electron chi connectivity index (χ4n) is 3.24. The third-order valence-corrected chi connectivity index (χ3v) is 4.41. The second-order valence-corrected chi connectivity index (χ2v) is 6.39. The molecule has 2 rings (SSSR count). The summed E-state index contributed by atoms with van der Waals surface area (Å²) in [6.45, 7) is 9.27. The van der Waals surface area contributed by atoms with Crippen molar-refractivity contribution in [3.63, 3.8) is 0 Å². The molecule has 0 radical (unpaired) electrons. The summed E-state index contributed by atoms with van der Waals surface area (Å²) in [6, 6.07) is 6.97. The molecule has 0 saturated carbocycles. The molecule has 1 aliphatic rings. The van der Waals surface area contributed by atoms with Gasteiger partial charge in [-0.1, -0.05) is 37.5 Å². The van der Waals surface area contributed by atoms with Crippen LogP contribution < -0.4 is 10.2 Å². The highest BCUT2D eigenvalue weighted by atomic mass is 15.1. The van der Waals surface area contributed by atoms with Gasteiger partial charge in [0.15, 0.2) is 0 Å². The van der Waals surface area contributed by atoms with E-state index in [1.54, 1.807) is 5.56 Å². The lowest BCUT2D eigenvalue weighted by Crippen LogP contribution is -2.30. The van der Waals surface area contributed by atoms with Crippen molar-refractivity contribution in [2.24, 2.45) is 0 Å². The number of hydrogen-bond donors (Lipinski definition) is 1. The minimum atomic E-state index is 1.17. The molecule has 1 N–H and O–H groups in total. The van der Waals surface area contributed by atoms with Crippen molar-refractivity contribution in [1.82, 2.24) is 5.32 Å². The van der Waals surface area contributed by atoms with Crippen molar-refractivity contribution in [1.29, 1.82) is 0 Å². The van der Waals surface area contributed by atoms with E-state index in [1.807, 2.05) is 0 Å². The molecule has 0 saturated heterocycles. The minimum Gasteiger partial charge on any atom is -0.371 e. The Morgan fingerprint density at radius 3 is 2.81 bits per heavy atom. The van der Waals surface area contributed by atoms with Crippen LogP contribution in [0.3, 0.4) is 0 Å². The van der Waals surface area contributed by atoms with E-state index in [0.717, 1.165) is 0 Å². The van der Waals surface area contributed by atoms with Crippen molar-refractivity contribution >= 4 is 5.69 Å². The van der Waals surface area contributed by atoms with Gasteiger partial charge in [-0.2, -0.15) is 0 Å². The first-order valence-electron chi connectivity index (χ1n) is 8.86. The molecule has 0 unspecified atom stereocenters. The number of rotatable bonds is 9. The summed E-state index contributed by atoms with van der Waals surface area (Å²) < 4.78 is 0. The molecule has 2 nitrogen and oxygen atoms in total. The fraction of sp³-hybridized carbons (Fsp3) is 0.684. The zero-order chi connectivity index (χ0) is 14.9. The Labute approximate surface area is 130 Å². The molecule has 21 heavy (non-hydrogen) atoms. The summed E-state index contributed by atoms with van der Waals surface area (Å²) in [5.74, 6) is 0. The number of hydrogen-bond acceptors (Lipinski definition) is 2. The van der Waals surface area contributed by atoms with Crippen LogP contribution in [-0.4, -0.2) is 26.2 Å². The second-order valence-electron chi connectivity index (χ2n) is 6.39. The van der Waals surface area contributed by atoms with Crippen molar-refractivity contribution in [3.8, 4) is 0 Å². The average Bonchev–Trinajstić information content (AvgIpc) is 2.49. The SMILES string of the molecule is CCCNCCCCCCN1CCCc2cc(C)ccc21. The van der Waals surface area contributed by atoms with E-state index in [0.29, 0.717) is 0 Å². The van der Waals surface area contributed by atoms with Crippen molar-refractivity contribution in [2.45, 2.75) is 58.8 Å². The molecule has 0 fully saturated rings. The van der Waals surface area contributed by atoms with Crippen molar-refractivity contribution in [2.75, 3.05) is 31.1 Å². The van der Waals surface area contributed by atoms with E-state index in [9.17, 15) is 0 Å². The topological polar surface area (TPSA) is 15.3 Å². The van der Waals surface area contributed by atoms with Crippen LogP contribution in [0, 0.1) is 6.92 Å². The van der Waals surface area contributed by atoms with Gasteiger partial charge in [0.1, 0.15) is 0 Å². The van der Waals surface area contributed by atoms with Crippen LogP contribution in [0.4, 0.5) is 5.69 Å². The summed E-state index contributed by atoms with van der Waals surface area (Å²) in [5, 5.41) is 3.48. The highest BCUT2D eigenvalue weighted by Crippen LogP contribution is 2.28. The van der Waals surface area contributed by atoms with E-state index in [1.165, 1.54) is 82.4 Å². The average molecular weight is 288 g/mol. The number of fused-ring (bicyclic) bond motifs is 1. The number of nitrogens with zero attached hydrogens (tertiary/aromatic N) is 1. The van der Waals surface area contributed by atoms with Crippen LogP contribution in [0.1, 0.15) is 56.6 Å².